The fourth-order valence-electron chi connectivity index (χ4n) is 2.54. The van der Waals surface area contributed by atoms with Gasteiger partial charge in [0, 0.05) is 11.1 Å². The molecule has 2 aromatic carbocycles. The minimum absolute atomic E-state index is 0.181. The quantitative estimate of drug-likeness (QED) is 0.495. The summed E-state index contributed by atoms with van der Waals surface area (Å²) in [6.07, 6.45) is 1.58. The highest BCUT2D eigenvalue weighted by atomic mass is 16.5. The lowest BCUT2D eigenvalue weighted by molar-refractivity contribution is 0.0522. The molecule has 0 aliphatic carbocycles. The number of anilines is 1. The number of hydrogen-bond acceptors (Lipinski definition) is 5. The molecular weight excluding hydrogens is 346 g/mol. The molecule has 1 N–H and O–H groups in total. The maximum atomic E-state index is 12.5. The number of benzene rings is 2. The molecule has 0 saturated carbocycles. The van der Waals surface area contributed by atoms with Gasteiger partial charge >= 0.3 is 5.97 Å². The van der Waals surface area contributed by atoms with Gasteiger partial charge in [-0.2, -0.15) is 0 Å². The van der Waals surface area contributed by atoms with Gasteiger partial charge in [0.25, 0.3) is 5.91 Å². The van der Waals surface area contributed by atoms with Gasteiger partial charge in [-0.1, -0.05) is 30.9 Å². The Labute approximate surface area is 156 Å². The van der Waals surface area contributed by atoms with Crippen LogP contribution in [0.3, 0.4) is 0 Å². The van der Waals surface area contributed by atoms with Crippen molar-refractivity contribution in [2.45, 2.75) is 6.92 Å². The molecule has 3 rings (SSSR count). The summed E-state index contributed by atoms with van der Waals surface area (Å²) in [5, 5.41) is 3.56. The predicted molar refractivity (Wildman–Crippen MR) is 102 cm³/mol. The van der Waals surface area contributed by atoms with Crippen LogP contribution < -0.4 is 10.1 Å². The number of hydrogen-bond donors (Lipinski definition) is 1. The van der Waals surface area contributed by atoms with Crippen molar-refractivity contribution in [3.8, 4) is 5.75 Å². The second-order valence-electron chi connectivity index (χ2n) is 5.63. The first kappa shape index (κ1) is 18.3. The first-order chi connectivity index (χ1) is 13.1. The largest absolute Gasteiger partial charge is 0.489 e. The first-order valence-electron chi connectivity index (χ1n) is 8.47. The molecule has 0 saturated heterocycles. The molecule has 0 aliphatic rings. The number of rotatable bonds is 7. The summed E-state index contributed by atoms with van der Waals surface area (Å²) in [6.45, 7) is 5.78. The van der Waals surface area contributed by atoms with Gasteiger partial charge in [0.2, 0.25) is 0 Å². The summed E-state index contributed by atoms with van der Waals surface area (Å²) in [5.74, 6) is -0.409. The molecule has 0 unspecified atom stereocenters. The molecule has 27 heavy (non-hydrogen) atoms. The highest BCUT2D eigenvalue weighted by Crippen LogP contribution is 2.25. The summed E-state index contributed by atoms with van der Waals surface area (Å²) >= 11 is 0. The van der Waals surface area contributed by atoms with E-state index in [1.807, 2.05) is 18.2 Å². The molecule has 3 aromatic rings. The van der Waals surface area contributed by atoms with Crippen LogP contribution in [-0.2, 0) is 4.74 Å². The summed E-state index contributed by atoms with van der Waals surface area (Å²) in [7, 11) is 0. The van der Waals surface area contributed by atoms with E-state index < -0.39 is 11.9 Å². The van der Waals surface area contributed by atoms with E-state index in [1.165, 1.54) is 6.07 Å². The summed E-state index contributed by atoms with van der Waals surface area (Å²) in [4.78, 5) is 24.7. The van der Waals surface area contributed by atoms with Crippen LogP contribution >= 0.6 is 0 Å². The Morgan fingerprint density at radius 2 is 2.00 bits per heavy atom. The Balaban J connectivity index is 1.84. The van der Waals surface area contributed by atoms with Crippen LogP contribution in [0.5, 0.6) is 5.75 Å². The topological polar surface area (TPSA) is 77.8 Å². The SMILES string of the molecule is C=CCOc1ccc(NC(=O)c2cc3ccccc3o2)cc1C(=O)OCC. The molecule has 0 spiro atoms. The predicted octanol–water partition coefficient (Wildman–Crippen LogP) is 4.43. The molecule has 0 fully saturated rings. The third-order valence-electron chi connectivity index (χ3n) is 3.74. The average Bonchev–Trinajstić information content (AvgIpc) is 3.11. The lowest BCUT2D eigenvalue weighted by Gasteiger charge is -2.12. The van der Waals surface area contributed by atoms with Crippen molar-refractivity contribution in [2.24, 2.45) is 0 Å². The smallest absolute Gasteiger partial charge is 0.341 e. The van der Waals surface area contributed by atoms with Crippen LogP contribution in [0.15, 0.2) is 65.6 Å². The van der Waals surface area contributed by atoms with Crippen LogP contribution in [0, 0.1) is 0 Å². The van der Waals surface area contributed by atoms with Crippen molar-refractivity contribution >= 4 is 28.5 Å². The van der Waals surface area contributed by atoms with Gasteiger partial charge in [-0.25, -0.2) is 4.79 Å². The summed E-state index contributed by atoms with van der Waals surface area (Å²) in [5.41, 5.74) is 1.28. The average molecular weight is 365 g/mol. The van der Waals surface area contributed by atoms with E-state index in [0.717, 1.165) is 5.39 Å². The van der Waals surface area contributed by atoms with Gasteiger partial charge in [-0.15, -0.1) is 0 Å². The van der Waals surface area contributed by atoms with Crippen molar-refractivity contribution in [3.05, 3.63) is 72.5 Å². The van der Waals surface area contributed by atoms with Crippen LogP contribution in [-0.4, -0.2) is 25.1 Å². The normalized spacial score (nSPS) is 10.4. The fourth-order valence-corrected chi connectivity index (χ4v) is 2.54. The highest BCUT2D eigenvalue weighted by molar-refractivity contribution is 6.05. The number of ether oxygens (including phenoxy) is 2. The van der Waals surface area contributed by atoms with E-state index >= 15 is 0 Å². The second-order valence-corrected chi connectivity index (χ2v) is 5.63. The molecule has 6 heteroatoms. The molecule has 0 bridgehead atoms. The third-order valence-corrected chi connectivity index (χ3v) is 3.74. The van der Waals surface area contributed by atoms with Gasteiger partial charge in [0.05, 0.1) is 6.61 Å². The second kappa shape index (κ2) is 8.23. The van der Waals surface area contributed by atoms with Gasteiger partial charge in [-0.3, -0.25) is 4.79 Å². The lowest BCUT2D eigenvalue weighted by atomic mass is 10.1. The lowest BCUT2D eigenvalue weighted by Crippen LogP contribution is -2.13. The Hall–Kier alpha value is -3.54. The maximum Gasteiger partial charge on any atom is 0.341 e. The minimum Gasteiger partial charge on any atom is -0.489 e. The number of para-hydroxylation sites is 1. The highest BCUT2D eigenvalue weighted by Gasteiger charge is 2.17. The van der Waals surface area contributed by atoms with E-state index in [2.05, 4.69) is 11.9 Å². The van der Waals surface area contributed by atoms with E-state index in [-0.39, 0.29) is 24.5 Å². The Morgan fingerprint density at radius 1 is 1.19 bits per heavy atom. The molecule has 1 amide bonds. The van der Waals surface area contributed by atoms with Crippen molar-refractivity contribution in [1.29, 1.82) is 0 Å². The molecule has 6 nitrogen and oxygen atoms in total. The van der Waals surface area contributed by atoms with Gasteiger partial charge in [-0.05, 0) is 37.3 Å². The maximum absolute atomic E-state index is 12.5. The number of fused-ring (bicyclic) bond motifs is 1. The third kappa shape index (κ3) is 4.17. The Morgan fingerprint density at radius 3 is 2.74 bits per heavy atom. The number of nitrogens with one attached hydrogen (secondary N) is 1. The van der Waals surface area contributed by atoms with E-state index in [0.29, 0.717) is 17.0 Å². The number of carbonyl (C=O) groups excluding carboxylic acids is 2. The number of esters is 1. The zero-order valence-corrected chi connectivity index (χ0v) is 14.9. The van der Waals surface area contributed by atoms with Gasteiger partial charge < -0.3 is 19.2 Å². The summed E-state index contributed by atoms with van der Waals surface area (Å²) < 4.78 is 16.1. The van der Waals surface area contributed by atoms with Crippen LogP contribution in [0.1, 0.15) is 27.8 Å². The molecule has 1 heterocycles. The summed E-state index contributed by atoms with van der Waals surface area (Å²) in [6, 6.07) is 13.8. The van der Waals surface area contributed by atoms with Gasteiger partial charge in [0.1, 0.15) is 23.5 Å². The molecular formula is C21H19NO5. The standard InChI is InChI=1S/C21H19NO5/c1-3-11-26-18-10-9-15(13-16(18)21(24)25-4-2)22-20(23)19-12-14-7-5-6-8-17(14)27-19/h3,5-10,12-13H,1,4,11H2,2H3,(H,22,23). The molecule has 0 atom stereocenters. The Kier molecular flexibility index (Phi) is 5.56. The Bertz CT molecular complexity index is 956. The van der Waals surface area contributed by atoms with Gasteiger partial charge in [0.15, 0.2) is 5.76 Å². The molecule has 0 aliphatic heterocycles. The number of carbonyl (C=O) groups is 2. The van der Waals surface area contributed by atoms with E-state index in [4.69, 9.17) is 13.9 Å². The van der Waals surface area contributed by atoms with E-state index in [1.54, 1.807) is 37.3 Å². The zero-order valence-electron chi connectivity index (χ0n) is 14.9. The van der Waals surface area contributed by atoms with Crippen LogP contribution in [0.25, 0.3) is 11.0 Å². The van der Waals surface area contributed by atoms with Crippen LogP contribution in [0.2, 0.25) is 0 Å². The monoisotopic (exact) mass is 365 g/mol. The number of furan rings is 1. The number of amides is 1. The zero-order chi connectivity index (χ0) is 19.2. The molecule has 1 aromatic heterocycles. The van der Waals surface area contributed by atoms with E-state index in [9.17, 15) is 9.59 Å². The van der Waals surface area contributed by atoms with Crippen LogP contribution in [0.4, 0.5) is 5.69 Å². The van der Waals surface area contributed by atoms with Crippen molar-refractivity contribution in [1.82, 2.24) is 0 Å². The van der Waals surface area contributed by atoms with Crippen molar-refractivity contribution in [2.75, 3.05) is 18.5 Å². The molecule has 138 valence electrons. The minimum atomic E-state index is -0.531. The fraction of sp³-hybridized carbons (Fsp3) is 0.143. The molecule has 0 radical (unpaired) electrons. The van der Waals surface area contributed by atoms with Crippen molar-refractivity contribution in [3.63, 3.8) is 0 Å². The van der Waals surface area contributed by atoms with Crippen molar-refractivity contribution < 1.29 is 23.5 Å². The first-order valence-corrected chi connectivity index (χ1v) is 8.47.